The summed E-state index contributed by atoms with van der Waals surface area (Å²) in [5.74, 6) is 1.53. The number of aliphatic imine (C=N–C) groups is 1. The van der Waals surface area contributed by atoms with Gasteiger partial charge in [0.05, 0.1) is 0 Å². The second kappa shape index (κ2) is 13.4. The molecule has 3 rings (SSSR count). The fraction of sp³-hybridized carbons (Fsp3) is 0.524. The Morgan fingerprint density at radius 2 is 2.24 bits per heavy atom. The maximum Gasteiger partial charge on any atom is 0.191 e. The van der Waals surface area contributed by atoms with Crippen LogP contribution in [0.15, 0.2) is 40.8 Å². The van der Waals surface area contributed by atoms with E-state index in [0.29, 0.717) is 11.1 Å². The van der Waals surface area contributed by atoms with Crippen LogP contribution < -0.4 is 10.6 Å². The van der Waals surface area contributed by atoms with Crippen LogP contribution in [-0.2, 0) is 13.0 Å². The van der Waals surface area contributed by atoms with Crippen molar-refractivity contribution in [3.05, 3.63) is 51.4 Å². The van der Waals surface area contributed by atoms with E-state index in [9.17, 15) is 0 Å². The zero-order valence-electron chi connectivity index (χ0n) is 16.9. The molecule has 3 heterocycles. The third kappa shape index (κ3) is 8.78. The number of thiophene rings is 1. The lowest BCUT2D eigenvalue weighted by Gasteiger charge is -2.31. The van der Waals surface area contributed by atoms with E-state index >= 15 is 0 Å². The molecule has 5 nitrogen and oxygen atoms in total. The van der Waals surface area contributed by atoms with E-state index in [2.05, 4.69) is 45.0 Å². The van der Waals surface area contributed by atoms with Gasteiger partial charge in [0.2, 0.25) is 0 Å². The van der Waals surface area contributed by atoms with Crippen LogP contribution in [0.5, 0.6) is 0 Å². The normalized spacial score (nSPS) is 17.6. The predicted octanol–water partition coefficient (Wildman–Crippen LogP) is 4.42. The SMILES string of the molecule is CCNC(=NCC1CCCN(Cc2cccs2)C1)NCCc1ccc(Cl)nc1.I. The molecular weight excluding hydrogens is 517 g/mol. The van der Waals surface area contributed by atoms with Gasteiger partial charge in [0.1, 0.15) is 5.15 Å². The Balaban J connectivity index is 0.00000300. The Bertz CT molecular complexity index is 723. The van der Waals surface area contributed by atoms with Crippen molar-refractivity contribution in [3.8, 4) is 0 Å². The van der Waals surface area contributed by atoms with E-state index < -0.39 is 0 Å². The van der Waals surface area contributed by atoms with Gasteiger partial charge < -0.3 is 10.6 Å². The molecule has 0 radical (unpaired) electrons. The van der Waals surface area contributed by atoms with Gasteiger partial charge in [0, 0.05) is 43.8 Å². The van der Waals surface area contributed by atoms with E-state index in [-0.39, 0.29) is 24.0 Å². The molecule has 1 atom stereocenters. The largest absolute Gasteiger partial charge is 0.357 e. The first-order valence-corrected chi connectivity index (χ1v) is 11.4. The molecule has 2 N–H and O–H groups in total. The van der Waals surface area contributed by atoms with Gasteiger partial charge in [-0.3, -0.25) is 9.89 Å². The van der Waals surface area contributed by atoms with Crippen LogP contribution in [0.4, 0.5) is 0 Å². The smallest absolute Gasteiger partial charge is 0.191 e. The van der Waals surface area contributed by atoms with Crippen LogP contribution in [0, 0.1) is 5.92 Å². The van der Waals surface area contributed by atoms with Gasteiger partial charge in [-0.15, -0.1) is 35.3 Å². The lowest BCUT2D eigenvalue weighted by Crippen LogP contribution is -2.40. The zero-order valence-corrected chi connectivity index (χ0v) is 20.8. The fourth-order valence-electron chi connectivity index (χ4n) is 3.51. The molecule has 0 spiro atoms. The summed E-state index contributed by atoms with van der Waals surface area (Å²) in [6, 6.07) is 8.22. The van der Waals surface area contributed by atoms with Gasteiger partial charge in [-0.1, -0.05) is 23.7 Å². The molecule has 0 amide bonds. The molecule has 2 aromatic heterocycles. The molecule has 1 unspecified atom stereocenters. The molecule has 0 aromatic carbocycles. The zero-order chi connectivity index (χ0) is 19.6. The number of pyridine rings is 1. The van der Waals surface area contributed by atoms with E-state index in [1.54, 1.807) is 0 Å². The Morgan fingerprint density at radius 3 is 2.97 bits per heavy atom. The van der Waals surface area contributed by atoms with Crippen molar-refractivity contribution in [2.24, 2.45) is 10.9 Å². The van der Waals surface area contributed by atoms with Crippen molar-refractivity contribution in [1.82, 2.24) is 20.5 Å². The summed E-state index contributed by atoms with van der Waals surface area (Å²) >= 11 is 7.69. The minimum absolute atomic E-state index is 0. The standard InChI is InChI=1S/C21H30ClN5S.HI/c1-2-23-21(24-10-9-17-7-8-20(22)25-13-17)26-14-18-5-3-11-27(15-18)16-19-6-4-12-28-19;/h4,6-8,12-13,18H,2-3,5,9-11,14-16H2,1H3,(H2,23,24,26);1H. The summed E-state index contributed by atoms with van der Waals surface area (Å²) in [7, 11) is 0. The summed E-state index contributed by atoms with van der Waals surface area (Å²) < 4.78 is 0. The fourth-order valence-corrected chi connectivity index (χ4v) is 4.37. The summed E-state index contributed by atoms with van der Waals surface area (Å²) in [6.07, 6.45) is 5.25. The highest BCUT2D eigenvalue weighted by Gasteiger charge is 2.20. The minimum atomic E-state index is 0. The molecule has 0 aliphatic carbocycles. The topological polar surface area (TPSA) is 52.6 Å². The number of hydrogen-bond acceptors (Lipinski definition) is 4. The van der Waals surface area contributed by atoms with Crippen molar-refractivity contribution in [2.45, 2.75) is 32.7 Å². The van der Waals surface area contributed by atoms with Crippen LogP contribution in [0.2, 0.25) is 5.15 Å². The summed E-state index contributed by atoms with van der Waals surface area (Å²) in [6.45, 7) is 8.07. The lowest BCUT2D eigenvalue weighted by molar-refractivity contribution is 0.172. The van der Waals surface area contributed by atoms with Crippen LogP contribution in [0.1, 0.15) is 30.2 Å². The monoisotopic (exact) mass is 547 g/mol. The predicted molar refractivity (Wildman–Crippen MR) is 135 cm³/mol. The van der Waals surface area contributed by atoms with Crippen molar-refractivity contribution in [1.29, 1.82) is 0 Å². The van der Waals surface area contributed by atoms with Gasteiger partial charge in [0.15, 0.2) is 5.96 Å². The second-order valence-electron chi connectivity index (χ2n) is 7.21. The number of guanidine groups is 1. The average Bonchev–Trinajstić information content (AvgIpc) is 3.21. The van der Waals surface area contributed by atoms with Gasteiger partial charge in [-0.25, -0.2) is 4.98 Å². The third-order valence-corrected chi connectivity index (χ3v) is 5.99. The Hall–Kier alpha value is -0.900. The molecule has 1 fully saturated rings. The first kappa shape index (κ1) is 24.4. The number of likely N-dealkylation sites (tertiary alicyclic amines) is 1. The van der Waals surface area contributed by atoms with Crippen LogP contribution in [-0.4, -0.2) is 48.6 Å². The minimum Gasteiger partial charge on any atom is -0.357 e. The number of nitrogens with zero attached hydrogens (tertiary/aromatic N) is 3. The summed E-state index contributed by atoms with van der Waals surface area (Å²) in [4.78, 5) is 13.0. The molecule has 160 valence electrons. The number of nitrogens with one attached hydrogen (secondary N) is 2. The average molecular weight is 548 g/mol. The first-order valence-electron chi connectivity index (χ1n) is 10.1. The highest BCUT2D eigenvalue weighted by Crippen LogP contribution is 2.20. The van der Waals surface area contributed by atoms with Crippen molar-refractivity contribution < 1.29 is 0 Å². The molecule has 1 saturated heterocycles. The maximum absolute atomic E-state index is 5.84. The van der Waals surface area contributed by atoms with E-state index in [0.717, 1.165) is 45.1 Å². The molecule has 0 saturated carbocycles. The van der Waals surface area contributed by atoms with Gasteiger partial charge >= 0.3 is 0 Å². The van der Waals surface area contributed by atoms with Crippen molar-refractivity contribution >= 4 is 52.9 Å². The third-order valence-electron chi connectivity index (χ3n) is 4.91. The van der Waals surface area contributed by atoms with E-state index in [1.807, 2.05) is 29.7 Å². The number of hydrogen-bond donors (Lipinski definition) is 2. The quantitative estimate of drug-likeness (QED) is 0.222. The highest BCUT2D eigenvalue weighted by atomic mass is 127. The Labute approximate surface area is 200 Å². The number of piperidine rings is 1. The van der Waals surface area contributed by atoms with Gasteiger partial charge in [-0.05, 0) is 61.7 Å². The number of aromatic nitrogens is 1. The Morgan fingerprint density at radius 1 is 1.34 bits per heavy atom. The molecular formula is C21H31ClIN5S. The first-order chi connectivity index (χ1) is 13.7. The molecule has 0 bridgehead atoms. The Kier molecular flexibility index (Phi) is 11.3. The summed E-state index contributed by atoms with van der Waals surface area (Å²) in [5, 5.41) is 9.49. The maximum atomic E-state index is 5.84. The van der Waals surface area contributed by atoms with Crippen molar-refractivity contribution in [3.63, 3.8) is 0 Å². The molecule has 29 heavy (non-hydrogen) atoms. The lowest BCUT2D eigenvalue weighted by atomic mass is 9.98. The number of halogens is 2. The van der Waals surface area contributed by atoms with Crippen molar-refractivity contribution in [2.75, 3.05) is 32.7 Å². The molecule has 1 aliphatic rings. The second-order valence-corrected chi connectivity index (χ2v) is 8.63. The molecule has 1 aliphatic heterocycles. The van der Waals surface area contributed by atoms with Gasteiger partial charge in [0.25, 0.3) is 0 Å². The molecule has 8 heteroatoms. The van der Waals surface area contributed by atoms with Crippen LogP contribution in [0.25, 0.3) is 0 Å². The van der Waals surface area contributed by atoms with E-state index in [4.69, 9.17) is 16.6 Å². The molecule has 2 aromatic rings. The number of rotatable bonds is 8. The van der Waals surface area contributed by atoms with Gasteiger partial charge in [-0.2, -0.15) is 0 Å². The van der Waals surface area contributed by atoms with E-state index in [1.165, 1.54) is 29.8 Å². The van der Waals surface area contributed by atoms with Crippen LogP contribution >= 0.6 is 46.9 Å². The van der Waals surface area contributed by atoms with Crippen LogP contribution in [0.3, 0.4) is 0 Å². The highest BCUT2D eigenvalue weighted by molar-refractivity contribution is 14.0. The summed E-state index contributed by atoms with van der Waals surface area (Å²) in [5.41, 5.74) is 1.17.